The lowest BCUT2D eigenvalue weighted by atomic mass is 10.0. The largest absolute Gasteiger partial charge is 0.293 e. The molecule has 0 saturated heterocycles. The van der Waals surface area contributed by atoms with Gasteiger partial charge in [0.15, 0.2) is 5.78 Å². The van der Waals surface area contributed by atoms with Crippen LogP contribution >= 0.6 is 27.3 Å². The topological polar surface area (TPSA) is 17.1 Å². The molecule has 0 fully saturated rings. The molecule has 0 radical (unpaired) electrons. The molecule has 1 nitrogen and oxygen atoms in total. The predicted molar refractivity (Wildman–Crippen MR) is 65.2 cm³/mol. The Balaban J connectivity index is 2.70. The summed E-state index contributed by atoms with van der Waals surface area (Å²) in [5, 5.41) is 0. The van der Waals surface area contributed by atoms with Crippen LogP contribution in [0.25, 0.3) is 0 Å². The molecule has 0 amide bonds. The number of rotatable bonds is 4. The third kappa shape index (κ3) is 2.92. The van der Waals surface area contributed by atoms with Gasteiger partial charge in [0, 0.05) is 6.42 Å². The normalized spacial score (nSPS) is 12.9. The van der Waals surface area contributed by atoms with Gasteiger partial charge in [0.2, 0.25) is 0 Å². The molecule has 0 spiro atoms. The Kier molecular flexibility index (Phi) is 4.32. The summed E-state index contributed by atoms with van der Waals surface area (Å²) >= 11 is 4.98. The van der Waals surface area contributed by atoms with Crippen molar-refractivity contribution in [2.24, 2.45) is 5.92 Å². The monoisotopic (exact) mass is 274 g/mol. The number of carbonyl (C=O) groups excluding carboxylic acids is 1. The zero-order valence-electron chi connectivity index (χ0n) is 8.76. The maximum Gasteiger partial charge on any atom is 0.173 e. The van der Waals surface area contributed by atoms with E-state index in [9.17, 15) is 4.79 Å². The van der Waals surface area contributed by atoms with Crippen LogP contribution in [0.1, 0.15) is 41.9 Å². The van der Waals surface area contributed by atoms with Gasteiger partial charge in [0.1, 0.15) is 0 Å². The Morgan fingerprint density at radius 2 is 2.29 bits per heavy atom. The van der Waals surface area contributed by atoms with Crippen molar-refractivity contribution in [3.05, 3.63) is 20.3 Å². The molecule has 0 N–H and O–H groups in total. The smallest absolute Gasteiger partial charge is 0.173 e. The number of ketones is 1. The Bertz CT molecular complexity index is 311. The highest BCUT2D eigenvalue weighted by molar-refractivity contribution is 9.11. The lowest BCUT2D eigenvalue weighted by Crippen LogP contribution is -2.03. The number of thiophene rings is 1. The quantitative estimate of drug-likeness (QED) is 0.742. The number of hydrogen-bond donors (Lipinski definition) is 0. The van der Waals surface area contributed by atoms with E-state index in [4.69, 9.17) is 0 Å². The van der Waals surface area contributed by atoms with Gasteiger partial charge in [-0.15, -0.1) is 11.3 Å². The van der Waals surface area contributed by atoms with Gasteiger partial charge in [0.25, 0.3) is 0 Å². The molecule has 14 heavy (non-hydrogen) atoms. The third-order valence-corrected chi connectivity index (χ3v) is 4.54. The minimum absolute atomic E-state index is 0.276. The fraction of sp³-hybridized carbons (Fsp3) is 0.545. The summed E-state index contributed by atoms with van der Waals surface area (Å²) in [6.45, 7) is 6.25. The molecular weight excluding hydrogens is 260 g/mol. The van der Waals surface area contributed by atoms with Gasteiger partial charge in [0.05, 0.1) is 8.66 Å². The van der Waals surface area contributed by atoms with Crippen molar-refractivity contribution in [2.45, 2.75) is 33.6 Å². The number of aryl methyl sites for hydroxylation is 1. The van der Waals surface area contributed by atoms with Crippen LogP contribution in [0.3, 0.4) is 0 Å². The molecule has 1 unspecified atom stereocenters. The summed E-state index contributed by atoms with van der Waals surface area (Å²) in [5.41, 5.74) is 1.16. The molecule has 1 rings (SSSR count). The van der Waals surface area contributed by atoms with E-state index in [0.29, 0.717) is 12.3 Å². The third-order valence-electron chi connectivity index (χ3n) is 2.36. The van der Waals surface area contributed by atoms with Crippen LogP contribution in [0.4, 0.5) is 0 Å². The predicted octanol–water partition coefficient (Wildman–Crippen LogP) is 4.44. The van der Waals surface area contributed by atoms with E-state index < -0.39 is 0 Å². The summed E-state index contributed by atoms with van der Waals surface area (Å²) in [5.74, 6) is 0.766. The number of Topliss-reactive ketones (excluding diaryl/α,β-unsaturated/α-hetero) is 1. The van der Waals surface area contributed by atoms with Crippen molar-refractivity contribution in [1.82, 2.24) is 0 Å². The Hall–Kier alpha value is -0.150. The van der Waals surface area contributed by atoms with E-state index in [1.54, 1.807) is 11.3 Å². The van der Waals surface area contributed by atoms with Crippen molar-refractivity contribution in [3.8, 4) is 0 Å². The van der Waals surface area contributed by atoms with Crippen molar-refractivity contribution >= 4 is 33.0 Å². The lowest BCUT2D eigenvalue weighted by molar-refractivity contribution is 0.0967. The zero-order valence-corrected chi connectivity index (χ0v) is 11.2. The fourth-order valence-electron chi connectivity index (χ4n) is 1.16. The molecule has 0 aliphatic carbocycles. The van der Waals surface area contributed by atoms with E-state index in [-0.39, 0.29) is 5.78 Å². The SMILES string of the molecule is CCC(C)CC(=O)c1cc(C)c(Br)s1. The second-order valence-corrected chi connectivity index (χ2v) is 6.08. The second-order valence-electron chi connectivity index (χ2n) is 3.71. The molecule has 0 saturated carbocycles. The summed E-state index contributed by atoms with van der Waals surface area (Å²) in [4.78, 5) is 12.7. The van der Waals surface area contributed by atoms with Crippen molar-refractivity contribution in [2.75, 3.05) is 0 Å². The highest BCUT2D eigenvalue weighted by Crippen LogP contribution is 2.28. The van der Waals surface area contributed by atoms with Gasteiger partial charge in [-0.25, -0.2) is 0 Å². The second kappa shape index (κ2) is 5.08. The number of hydrogen-bond acceptors (Lipinski definition) is 2. The lowest BCUT2D eigenvalue weighted by Gasteiger charge is -2.04. The minimum atomic E-state index is 0.276. The summed E-state index contributed by atoms with van der Waals surface area (Å²) in [6.07, 6.45) is 1.74. The Morgan fingerprint density at radius 3 is 2.71 bits per heavy atom. The zero-order chi connectivity index (χ0) is 10.7. The first-order chi connectivity index (χ1) is 6.54. The molecule has 1 aromatic heterocycles. The van der Waals surface area contributed by atoms with Gasteiger partial charge in [-0.2, -0.15) is 0 Å². The van der Waals surface area contributed by atoms with Crippen LogP contribution in [-0.4, -0.2) is 5.78 Å². The van der Waals surface area contributed by atoms with Gasteiger partial charge < -0.3 is 0 Å². The van der Waals surface area contributed by atoms with Gasteiger partial charge in [-0.05, 0) is 40.4 Å². The molecule has 0 aromatic carbocycles. The summed E-state index contributed by atoms with van der Waals surface area (Å²) in [7, 11) is 0. The molecule has 78 valence electrons. The van der Waals surface area contributed by atoms with Crippen molar-refractivity contribution < 1.29 is 4.79 Å². The molecule has 1 heterocycles. The average Bonchev–Trinajstić information content (AvgIpc) is 2.47. The molecule has 1 atom stereocenters. The summed E-state index contributed by atoms with van der Waals surface area (Å²) in [6, 6.07) is 1.97. The van der Waals surface area contributed by atoms with Gasteiger partial charge in [-0.3, -0.25) is 4.79 Å². The molecule has 0 bridgehead atoms. The number of halogens is 1. The van der Waals surface area contributed by atoms with Crippen LogP contribution in [0.15, 0.2) is 9.85 Å². The maximum absolute atomic E-state index is 11.8. The average molecular weight is 275 g/mol. The van der Waals surface area contributed by atoms with E-state index in [2.05, 4.69) is 29.8 Å². The maximum atomic E-state index is 11.8. The first kappa shape index (κ1) is 11.9. The van der Waals surface area contributed by atoms with E-state index in [0.717, 1.165) is 20.6 Å². The minimum Gasteiger partial charge on any atom is -0.293 e. The van der Waals surface area contributed by atoms with Crippen molar-refractivity contribution in [3.63, 3.8) is 0 Å². The van der Waals surface area contributed by atoms with Gasteiger partial charge >= 0.3 is 0 Å². The van der Waals surface area contributed by atoms with Crippen LogP contribution in [-0.2, 0) is 0 Å². The molecule has 3 heteroatoms. The van der Waals surface area contributed by atoms with Crippen LogP contribution in [0, 0.1) is 12.8 Å². The first-order valence-electron chi connectivity index (χ1n) is 4.83. The van der Waals surface area contributed by atoms with Crippen molar-refractivity contribution in [1.29, 1.82) is 0 Å². The molecular formula is C11H15BrOS. The molecule has 1 aromatic rings. The number of carbonyl (C=O) groups is 1. The van der Waals surface area contributed by atoms with Crippen LogP contribution in [0.2, 0.25) is 0 Å². The van der Waals surface area contributed by atoms with E-state index in [1.807, 2.05) is 13.0 Å². The molecule has 0 aliphatic rings. The highest BCUT2D eigenvalue weighted by atomic mass is 79.9. The molecule has 0 aliphatic heterocycles. The van der Waals surface area contributed by atoms with Crippen LogP contribution in [0.5, 0.6) is 0 Å². The van der Waals surface area contributed by atoms with E-state index >= 15 is 0 Å². The summed E-state index contributed by atoms with van der Waals surface area (Å²) < 4.78 is 1.07. The van der Waals surface area contributed by atoms with E-state index in [1.165, 1.54) is 0 Å². The Morgan fingerprint density at radius 1 is 1.64 bits per heavy atom. The van der Waals surface area contributed by atoms with Gasteiger partial charge in [-0.1, -0.05) is 20.3 Å². The highest BCUT2D eigenvalue weighted by Gasteiger charge is 2.13. The standard InChI is InChI=1S/C11H15BrOS/c1-4-7(2)5-9(13)10-6-8(3)11(12)14-10/h6-7H,4-5H2,1-3H3. The Labute approximate surface area is 97.7 Å². The first-order valence-corrected chi connectivity index (χ1v) is 6.44. The fourth-order valence-corrected chi connectivity index (χ4v) is 2.64. The van der Waals surface area contributed by atoms with Crippen LogP contribution < -0.4 is 0 Å².